The number of carbonyl (C=O) groups is 3. The van der Waals surface area contributed by atoms with Gasteiger partial charge in [-0.15, -0.1) is 0 Å². The van der Waals surface area contributed by atoms with Crippen LogP contribution in [0.25, 0.3) is 11.1 Å². The Hall–Kier alpha value is -2.55. The van der Waals surface area contributed by atoms with Crippen LogP contribution in [-0.4, -0.2) is 17.3 Å². The van der Waals surface area contributed by atoms with Gasteiger partial charge >= 0.3 is 0 Å². The lowest BCUT2D eigenvalue weighted by atomic mass is 9.71. The van der Waals surface area contributed by atoms with Gasteiger partial charge in [0.15, 0.2) is 5.78 Å². The van der Waals surface area contributed by atoms with Crippen molar-refractivity contribution in [2.24, 2.45) is 17.8 Å². The quantitative estimate of drug-likeness (QED) is 0.318. The number of aryl methyl sites for hydroxylation is 1. The molecule has 3 heteroatoms. The Morgan fingerprint density at radius 1 is 1.00 bits per heavy atom. The molecule has 0 aromatic heterocycles. The Morgan fingerprint density at radius 3 is 2.22 bits per heavy atom. The molecule has 0 N–H and O–H groups in total. The van der Waals surface area contributed by atoms with Gasteiger partial charge in [-0.3, -0.25) is 14.4 Å². The van der Waals surface area contributed by atoms with Crippen molar-refractivity contribution in [3.63, 3.8) is 0 Å². The molecule has 0 heterocycles. The highest BCUT2D eigenvalue weighted by molar-refractivity contribution is 6.02. The van der Waals surface area contributed by atoms with E-state index in [1.807, 2.05) is 6.92 Å². The second kappa shape index (κ2) is 11.7. The summed E-state index contributed by atoms with van der Waals surface area (Å²) in [6.45, 7) is 14.4. The van der Waals surface area contributed by atoms with Crippen molar-refractivity contribution in [2.75, 3.05) is 0 Å². The number of carbonyl (C=O) groups excluding carboxylic acids is 3. The van der Waals surface area contributed by atoms with E-state index >= 15 is 0 Å². The molecule has 0 amide bonds. The van der Waals surface area contributed by atoms with E-state index in [0.717, 1.165) is 59.9 Å². The fourth-order valence-electron chi connectivity index (χ4n) is 6.16. The topological polar surface area (TPSA) is 51.2 Å². The van der Waals surface area contributed by atoms with E-state index in [2.05, 4.69) is 71.0 Å². The smallest absolute Gasteiger partial charge is 0.163 e. The second-order valence-electron chi connectivity index (χ2n) is 12.0. The van der Waals surface area contributed by atoms with Crippen LogP contribution in [0, 0.1) is 24.7 Å². The molecule has 0 saturated heterocycles. The molecule has 3 nitrogen and oxygen atoms in total. The molecule has 0 aliphatic heterocycles. The molecule has 3 unspecified atom stereocenters. The van der Waals surface area contributed by atoms with Crippen molar-refractivity contribution in [1.82, 2.24) is 0 Å². The standard InChI is InChI=1S/C33H44O3/c1-8-10-25(27(9-2)30(35)17-22(4)34)18-23-19-29-28(16-11-21(3)32(29)31(36)20-23)24-12-14-26(15-13-24)33(5,6)7/h11-16,23,25,27H,8-10,17-20H2,1-7H3. The summed E-state index contributed by atoms with van der Waals surface area (Å²) in [5.41, 5.74) is 6.81. The fraction of sp³-hybridized carbons (Fsp3) is 0.545. The van der Waals surface area contributed by atoms with E-state index in [1.54, 1.807) is 0 Å². The number of hydrogen-bond acceptors (Lipinski definition) is 3. The van der Waals surface area contributed by atoms with Gasteiger partial charge in [-0.25, -0.2) is 0 Å². The third-order valence-corrected chi connectivity index (χ3v) is 7.97. The largest absolute Gasteiger partial charge is 0.300 e. The van der Waals surface area contributed by atoms with Crippen LogP contribution in [-0.2, 0) is 21.4 Å². The highest BCUT2D eigenvalue weighted by atomic mass is 16.1. The summed E-state index contributed by atoms with van der Waals surface area (Å²) >= 11 is 0. The first-order valence-corrected chi connectivity index (χ1v) is 13.7. The minimum atomic E-state index is -0.104. The van der Waals surface area contributed by atoms with Gasteiger partial charge in [-0.2, -0.15) is 0 Å². The lowest BCUT2D eigenvalue weighted by molar-refractivity contribution is -0.129. The first-order valence-electron chi connectivity index (χ1n) is 13.7. The molecular weight excluding hydrogens is 444 g/mol. The minimum absolute atomic E-state index is 0.0268. The number of Topliss-reactive ketones (excluding diaryl/α,β-unsaturated/α-hetero) is 3. The van der Waals surface area contributed by atoms with Gasteiger partial charge in [0.2, 0.25) is 0 Å². The summed E-state index contributed by atoms with van der Waals surface area (Å²) < 4.78 is 0. The first kappa shape index (κ1) is 28.0. The molecule has 0 fully saturated rings. The van der Waals surface area contributed by atoms with Crippen LogP contribution in [0.1, 0.15) is 107 Å². The average molecular weight is 489 g/mol. The maximum atomic E-state index is 13.4. The number of hydrogen-bond donors (Lipinski definition) is 0. The number of rotatable bonds is 10. The van der Waals surface area contributed by atoms with Crippen molar-refractivity contribution in [3.8, 4) is 11.1 Å². The van der Waals surface area contributed by atoms with Crippen LogP contribution >= 0.6 is 0 Å². The predicted molar refractivity (Wildman–Crippen MR) is 149 cm³/mol. The summed E-state index contributed by atoms with van der Waals surface area (Å²) in [7, 11) is 0. The summed E-state index contributed by atoms with van der Waals surface area (Å²) in [5.74, 6) is 0.563. The van der Waals surface area contributed by atoms with E-state index in [9.17, 15) is 14.4 Å². The highest BCUT2D eigenvalue weighted by Crippen LogP contribution is 2.40. The monoisotopic (exact) mass is 488 g/mol. The summed E-state index contributed by atoms with van der Waals surface area (Å²) in [5, 5.41) is 0. The zero-order valence-corrected chi connectivity index (χ0v) is 23.4. The van der Waals surface area contributed by atoms with Crippen LogP contribution < -0.4 is 0 Å². The van der Waals surface area contributed by atoms with Crippen LogP contribution in [0.4, 0.5) is 0 Å². The molecule has 0 saturated carbocycles. The molecule has 1 aliphatic rings. The van der Waals surface area contributed by atoms with Crippen molar-refractivity contribution >= 4 is 17.3 Å². The number of fused-ring (bicyclic) bond motifs is 1. The Bertz CT molecular complexity index is 1100. The molecule has 194 valence electrons. The van der Waals surface area contributed by atoms with Crippen LogP contribution in [0.2, 0.25) is 0 Å². The number of benzene rings is 2. The zero-order chi connectivity index (χ0) is 26.6. The molecule has 0 radical (unpaired) electrons. The third kappa shape index (κ3) is 6.41. The normalized spacial score (nSPS) is 17.4. The van der Waals surface area contributed by atoms with Crippen molar-refractivity contribution in [2.45, 2.75) is 98.8 Å². The summed E-state index contributed by atoms with van der Waals surface area (Å²) in [4.78, 5) is 38.0. The molecule has 0 spiro atoms. The van der Waals surface area contributed by atoms with E-state index in [1.165, 1.54) is 12.5 Å². The summed E-state index contributed by atoms with van der Waals surface area (Å²) in [6, 6.07) is 13.0. The van der Waals surface area contributed by atoms with Gasteiger partial charge in [-0.05, 0) is 78.2 Å². The molecule has 0 bridgehead atoms. The SMILES string of the molecule is CCCC(CC1CC(=O)c2c(C)ccc(-c3ccc(C(C)(C)C)cc3)c2C1)C(CC)C(=O)CC(C)=O. The molecule has 3 rings (SSSR count). The molecular formula is C33H44O3. The van der Waals surface area contributed by atoms with Crippen LogP contribution in [0.15, 0.2) is 36.4 Å². The van der Waals surface area contributed by atoms with Crippen LogP contribution in [0.5, 0.6) is 0 Å². The van der Waals surface area contributed by atoms with E-state index < -0.39 is 0 Å². The van der Waals surface area contributed by atoms with Gasteiger partial charge < -0.3 is 0 Å². The lowest BCUT2D eigenvalue weighted by Crippen LogP contribution is -2.30. The Balaban J connectivity index is 1.93. The molecule has 2 aromatic carbocycles. The number of ketones is 3. The Morgan fingerprint density at radius 2 is 1.67 bits per heavy atom. The summed E-state index contributed by atoms with van der Waals surface area (Å²) in [6.07, 6.45) is 4.98. The van der Waals surface area contributed by atoms with Crippen molar-refractivity contribution in [1.29, 1.82) is 0 Å². The maximum absolute atomic E-state index is 13.4. The van der Waals surface area contributed by atoms with Gasteiger partial charge in [0.05, 0.1) is 6.42 Å². The second-order valence-corrected chi connectivity index (χ2v) is 12.0. The minimum Gasteiger partial charge on any atom is -0.300 e. The molecule has 1 aliphatic carbocycles. The predicted octanol–water partition coefficient (Wildman–Crippen LogP) is 8.09. The van der Waals surface area contributed by atoms with Crippen molar-refractivity contribution in [3.05, 3.63) is 58.7 Å². The third-order valence-electron chi connectivity index (χ3n) is 7.97. The highest BCUT2D eigenvalue weighted by Gasteiger charge is 2.34. The fourth-order valence-corrected chi connectivity index (χ4v) is 6.16. The molecule has 2 aromatic rings. The van der Waals surface area contributed by atoms with Gasteiger partial charge in [0, 0.05) is 17.9 Å². The molecule has 3 atom stereocenters. The Kier molecular flexibility index (Phi) is 9.08. The van der Waals surface area contributed by atoms with Gasteiger partial charge in [-0.1, -0.05) is 83.9 Å². The van der Waals surface area contributed by atoms with E-state index in [-0.39, 0.29) is 46.9 Å². The van der Waals surface area contributed by atoms with E-state index in [0.29, 0.717) is 6.42 Å². The van der Waals surface area contributed by atoms with Crippen LogP contribution in [0.3, 0.4) is 0 Å². The average Bonchev–Trinajstić information content (AvgIpc) is 2.78. The van der Waals surface area contributed by atoms with E-state index in [4.69, 9.17) is 0 Å². The Labute approximate surface area is 218 Å². The first-order chi connectivity index (χ1) is 17.0. The molecule has 36 heavy (non-hydrogen) atoms. The van der Waals surface area contributed by atoms with Gasteiger partial charge in [0.25, 0.3) is 0 Å². The zero-order valence-electron chi connectivity index (χ0n) is 23.4. The maximum Gasteiger partial charge on any atom is 0.163 e. The van der Waals surface area contributed by atoms with Gasteiger partial charge in [0.1, 0.15) is 11.6 Å². The van der Waals surface area contributed by atoms with Crippen molar-refractivity contribution < 1.29 is 14.4 Å². The lowest BCUT2D eigenvalue weighted by Gasteiger charge is -2.32.